The fourth-order valence-corrected chi connectivity index (χ4v) is 2.09. The maximum atomic E-state index is 12.0. The van der Waals surface area contributed by atoms with Crippen LogP contribution in [0.25, 0.3) is 0 Å². The quantitative estimate of drug-likeness (QED) is 0.647. The van der Waals surface area contributed by atoms with Gasteiger partial charge in [0.25, 0.3) is 11.8 Å². The molecule has 132 valence electrons. The van der Waals surface area contributed by atoms with Crippen molar-refractivity contribution >= 4 is 11.8 Å². The number of ether oxygens (including phenoxy) is 2. The topological polar surface area (TPSA) is 90.7 Å². The molecule has 0 spiro atoms. The first kappa shape index (κ1) is 18.3. The first-order valence-corrected chi connectivity index (χ1v) is 8.12. The van der Waals surface area contributed by atoms with Gasteiger partial charge < -0.3 is 20.5 Å². The summed E-state index contributed by atoms with van der Waals surface area (Å²) in [5.41, 5.74) is 5.54. The summed E-state index contributed by atoms with van der Waals surface area (Å²) in [4.78, 5) is 22.7. The van der Waals surface area contributed by atoms with Crippen molar-refractivity contribution in [2.24, 2.45) is 5.73 Å². The summed E-state index contributed by atoms with van der Waals surface area (Å²) in [5.74, 6) is 0.655. The van der Waals surface area contributed by atoms with Crippen LogP contribution in [0, 0.1) is 0 Å². The number of para-hydroxylation sites is 1. The third kappa shape index (κ3) is 6.95. The smallest absolute Gasteiger partial charge is 0.255 e. The summed E-state index contributed by atoms with van der Waals surface area (Å²) < 4.78 is 10.7. The van der Waals surface area contributed by atoms with Crippen molar-refractivity contribution in [3.8, 4) is 11.5 Å². The number of unbranched alkanes of at least 4 members (excludes halogenated alkanes) is 1. The SMILES string of the molecule is NC(=O)COc1ccc(C(=O)NCCCCOc2ccccc2)cc1. The van der Waals surface area contributed by atoms with Crippen molar-refractivity contribution in [3.63, 3.8) is 0 Å². The zero-order chi connectivity index (χ0) is 17.9. The van der Waals surface area contributed by atoms with Crippen LogP contribution in [-0.4, -0.2) is 31.6 Å². The minimum Gasteiger partial charge on any atom is -0.494 e. The van der Waals surface area contributed by atoms with E-state index in [9.17, 15) is 9.59 Å². The van der Waals surface area contributed by atoms with Crippen molar-refractivity contribution in [1.29, 1.82) is 0 Å². The van der Waals surface area contributed by atoms with E-state index in [0.717, 1.165) is 18.6 Å². The number of hydrogen-bond acceptors (Lipinski definition) is 4. The second kappa shape index (κ2) is 9.97. The lowest BCUT2D eigenvalue weighted by atomic mass is 10.2. The molecular weight excluding hydrogens is 320 g/mol. The number of hydrogen-bond donors (Lipinski definition) is 2. The Morgan fingerprint density at radius 3 is 2.24 bits per heavy atom. The van der Waals surface area contributed by atoms with E-state index in [1.165, 1.54) is 0 Å². The van der Waals surface area contributed by atoms with E-state index >= 15 is 0 Å². The van der Waals surface area contributed by atoms with E-state index in [1.54, 1.807) is 24.3 Å². The van der Waals surface area contributed by atoms with Gasteiger partial charge in [-0.1, -0.05) is 18.2 Å². The Morgan fingerprint density at radius 2 is 1.56 bits per heavy atom. The summed E-state index contributed by atoms with van der Waals surface area (Å²) in [5, 5.41) is 2.86. The highest BCUT2D eigenvalue weighted by Crippen LogP contribution is 2.12. The van der Waals surface area contributed by atoms with E-state index in [1.807, 2.05) is 30.3 Å². The molecule has 2 amide bonds. The number of nitrogens with two attached hydrogens (primary N) is 1. The monoisotopic (exact) mass is 342 g/mol. The number of carbonyl (C=O) groups excluding carboxylic acids is 2. The van der Waals surface area contributed by atoms with E-state index < -0.39 is 5.91 Å². The number of carbonyl (C=O) groups is 2. The molecule has 0 aliphatic carbocycles. The zero-order valence-electron chi connectivity index (χ0n) is 13.9. The third-order valence-electron chi connectivity index (χ3n) is 3.37. The second-order valence-corrected chi connectivity index (χ2v) is 5.40. The molecule has 0 saturated carbocycles. The number of benzene rings is 2. The Balaban J connectivity index is 1.62. The van der Waals surface area contributed by atoms with Gasteiger partial charge in [-0.25, -0.2) is 0 Å². The van der Waals surface area contributed by atoms with Gasteiger partial charge >= 0.3 is 0 Å². The molecule has 0 atom stereocenters. The average Bonchev–Trinajstić information content (AvgIpc) is 2.64. The van der Waals surface area contributed by atoms with Crippen LogP contribution in [0.5, 0.6) is 11.5 Å². The van der Waals surface area contributed by atoms with Gasteiger partial charge in [0, 0.05) is 12.1 Å². The molecule has 2 aromatic rings. The van der Waals surface area contributed by atoms with Gasteiger partial charge in [0.05, 0.1) is 6.61 Å². The van der Waals surface area contributed by atoms with E-state index in [4.69, 9.17) is 15.2 Å². The Morgan fingerprint density at radius 1 is 0.880 bits per heavy atom. The number of nitrogens with one attached hydrogen (secondary N) is 1. The van der Waals surface area contributed by atoms with Crippen LogP contribution >= 0.6 is 0 Å². The van der Waals surface area contributed by atoms with Gasteiger partial charge in [-0.2, -0.15) is 0 Å². The normalized spacial score (nSPS) is 10.1. The lowest BCUT2D eigenvalue weighted by molar-refractivity contribution is -0.119. The summed E-state index contributed by atoms with van der Waals surface area (Å²) in [6, 6.07) is 16.2. The lowest BCUT2D eigenvalue weighted by Gasteiger charge is -2.08. The second-order valence-electron chi connectivity index (χ2n) is 5.40. The molecule has 25 heavy (non-hydrogen) atoms. The molecule has 0 saturated heterocycles. The predicted molar refractivity (Wildman–Crippen MR) is 94.6 cm³/mol. The minimum absolute atomic E-state index is 0.148. The average molecular weight is 342 g/mol. The fraction of sp³-hybridized carbons (Fsp3) is 0.263. The largest absolute Gasteiger partial charge is 0.494 e. The van der Waals surface area contributed by atoms with E-state index in [0.29, 0.717) is 24.5 Å². The molecule has 2 aromatic carbocycles. The first-order chi connectivity index (χ1) is 12.1. The first-order valence-electron chi connectivity index (χ1n) is 8.12. The minimum atomic E-state index is -0.543. The zero-order valence-corrected chi connectivity index (χ0v) is 13.9. The van der Waals surface area contributed by atoms with E-state index in [2.05, 4.69) is 5.32 Å². The molecule has 0 heterocycles. The molecule has 0 aromatic heterocycles. The van der Waals surface area contributed by atoms with Gasteiger partial charge in [0.2, 0.25) is 0 Å². The number of rotatable bonds is 10. The van der Waals surface area contributed by atoms with Crippen LogP contribution in [0.4, 0.5) is 0 Å². The van der Waals surface area contributed by atoms with Gasteiger partial charge in [0.1, 0.15) is 11.5 Å². The predicted octanol–water partition coefficient (Wildman–Crippen LogP) is 2.14. The van der Waals surface area contributed by atoms with Crippen molar-refractivity contribution in [3.05, 3.63) is 60.2 Å². The maximum absolute atomic E-state index is 12.0. The summed E-state index contributed by atoms with van der Waals surface area (Å²) in [7, 11) is 0. The van der Waals surface area contributed by atoms with Crippen LogP contribution in [0.1, 0.15) is 23.2 Å². The Kier molecular flexibility index (Phi) is 7.31. The molecule has 0 bridgehead atoms. The maximum Gasteiger partial charge on any atom is 0.255 e. The number of amides is 2. The van der Waals surface area contributed by atoms with Crippen LogP contribution < -0.4 is 20.5 Å². The highest BCUT2D eigenvalue weighted by Gasteiger charge is 2.05. The summed E-state index contributed by atoms with van der Waals surface area (Å²) >= 11 is 0. The van der Waals surface area contributed by atoms with Crippen LogP contribution in [0.3, 0.4) is 0 Å². The van der Waals surface area contributed by atoms with Crippen molar-refractivity contribution in [2.75, 3.05) is 19.8 Å². The highest BCUT2D eigenvalue weighted by atomic mass is 16.5. The molecule has 6 nitrogen and oxygen atoms in total. The fourth-order valence-electron chi connectivity index (χ4n) is 2.09. The van der Waals surface area contributed by atoms with Crippen LogP contribution in [-0.2, 0) is 4.79 Å². The Labute approximate surface area is 146 Å². The molecule has 0 aliphatic heterocycles. The molecule has 3 N–H and O–H groups in total. The van der Waals surface area contributed by atoms with Crippen LogP contribution in [0.2, 0.25) is 0 Å². The molecule has 2 rings (SSSR count). The summed E-state index contributed by atoms with van der Waals surface area (Å²) in [6.45, 7) is 1.01. The lowest BCUT2D eigenvalue weighted by Crippen LogP contribution is -2.24. The molecule has 0 unspecified atom stereocenters. The van der Waals surface area contributed by atoms with Crippen molar-refractivity contribution < 1.29 is 19.1 Å². The van der Waals surface area contributed by atoms with Gasteiger partial charge in [-0.3, -0.25) is 9.59 Å². The Hall–Kier alpha value is -3.02. The van der Waals surface area contributed by atoms with E-state index in [-0.39, 0.29) is 12.5 Å². The van der Waals surface area contributed by atoms with Gasteiger partial charge in [0.15, 0.2) is 6.61 Å². The summed E-state index contributed by atoms with van der Waals surface area (Å²) in [6.07, 6.45) is 1.69. The Bertz CT molecular complexity index is 672. The molecule has 0 fully saturated rings. The molecular formula is C19H22N2O4. The van der Waals surface area contributed by atoms with Crippen molar-refractivity contribution in [2.45, 2.75) is 12.8 Å². The molecule has 0 aliphatic rings. The van der Waals surface area contributed by atoms with Crippen molar-refractivity contribution in [1.82, 2.24) is 5.32 Å². The number of primary amides is 1. The highest BCUT2D eigenvalue weighted by molar-refractivity contribution is 5.94. The third-order valence-corrected chi connectivity index (χ3v) is 3.37. The standard InChI is InChI=1S/C19H22N2O4/c20-18(22)14-25-17-10-8-15(9-11-17)19(23)21-12-4-5-13-24-16-6-2-1-3-7-16/h1-3,6-11H,4-5,12-14H2,(H2,20,22)(H,21,23). The van der Waals surface area contributed by atoms with Gasteiger partial charge in [-0.15, -0.1) is 0 Å². The van der Waals surface area contributed by atoms with Gasteiger partial charge in [-0.05, 0) is 49.2 Å². The van der Waals surface area contributed by atoms with Crippen LogP contribution in [0.15, 0.2) is 54.6 Å². The molecule has 0 radical (unpaired) electrons. The molecule has 6 heteroatoms.